The van der Waals surface area contributed by atoms with E-state index in [1.165, 1.54) is 0 Å². The van der Waals surface area contributed by atoms with Gasteiger partial charge in [0.15, 0.2) is 6.29 Å². The molecule has 230 valence electrons. The molecule has 2 unspecified atom stereocenters. The Kier molecular flexibility index (Phi) is 13.1. The molecular weight excluding hydrogens is 516 g/mol. The first-order valence-corrected chi connectivity index (χ1v) is 13.9. The molecule has 16 N–H and O–H groups in total. The summed E-state index contributed by atoms with van der Waals surface area (Å²) in [6.45, 7) is 0.884. The van der Waals surface area contributed by atoms with Crippen LogP contribution in [0.3, 0.4) is 0 Å². The quantitative estimate of drug-likeness (QED) is 0.0924. The predicted molar refractivity (Wildman–Crippen MR) is 140 cm³/mol. The zero-order valence-corrected chi connectivity index (χ0v) is 22.4. The third-order valence-corrected chi connectivity index (χ3v) is 8.12. The Morgan fingerprint density at radius 2 is 1.72 bits per heavy atom. The van der Waals surface area contributed by atoms with E-state index in [1.54, 1.807) is 0 Å². The first-order chi connectivity index (χ1) is 18.6. The molecule has 3 fully saturated rings. The van der Waals surface area contributed by atoms with Crippen molar-refractivity contribution >= 4 is 0 Å². The van der Waals surface area contributed by atoms with Gasteiger partial charge in [0.25, 0.3) is 0 Å². The summed E-state index contributed by atoms with van der Waals surface area (Å²) in [7, 11) is 0. The average molecular weight is 567 g/mol. The zero-order valence-electron chi connectivity index (χ0n) is 22.4. The van der Waals surface area contributed by atoms with Crippen molar-refractivity contribution in [2.45, 2.75) is 105 Å². The third-order valence-electron chi connectivity index (χ3n) is 8.12. The summed E-state index contributed by atoms with van der Waals surface area (Å²) in [5.41, 5.74) is 24.6. The largest absolute Gasteiger partial charge is 0.396 e. The molecule has 2 aliphatic heterocycles. The van der Waals surface area contributed by atoms with Crippen LogP contribution in [0, 0.1) is 5.92 Å². The van der Waals surface area contributed by atoms with E-state index in [9.17, 15) is 25.5 Å². The molecule has 0 aromatic rings. The van der Waals surface area contributed by atoms with Crippen LogP contribution in [0.2, 0.25) is 0 Å². The molecule has 3 aliphatic rings. The summed E-state index contributed by atoms with van der Waals surface area (Å²) >= 11 is 0. The number of nitrogens with two attached hydrogens (primary N) is 4. The third kappa shape index (κ3) is 8.24. The molecule has 0 spiro atoms. The van der Waals surface area contributed by atoms with Gasteiger partial charge in [0.05, 0.1) is 37.1 Å². The van der Waals surface area contributed by atoms with Gasteiger partial charge in [0, 0.05) is 50.3 Å². The van der Waals surface area contributed by atoms with Crippen molar-refractivity contribution in [3.8, 4) is 0 Å². The Morgan fingerprint density at radius 1 is 0.974 bits per heavy atom. The molecule has 0 amide bonds. The number of nitrogens with one attached hydrogen (secondary N) is 2. The summed E-state index contributed by atoms with van der Waals surface area (Å²) in [6, 6.07) is -2.66. The minimum Gasteiger partial charge on any atom is -0.396 e. The normalized spacial score (nSPS) is 44.3. The number of hydrogen-bond acceptors (Lipinski definition) is 15. The Balaban J connectivity index is 1.79. The summed E-state index contributed by atoms with van der Waals surface area (Å²) in [4.78, 5) is 0. The number of aliphatic hydroxyl groups excluding tert-OH is 6. The van der Waals surface area contributed by atoms with Crippen LogP contribution in [0.15, 0.2) is 0 Å². The molecule has 1 saturated carbocycles. The molecule has 15 nitrogen and oxygen atoms in total. The van der Waals surface area contributed by atoms with Crippen LogP contribution in [0.5, 0.6) is 0 Å². The van der Waals surface area contributed by atoms with Gasteiger partial charge >= 0.3 is 0 Å². The lowest BCUT2D eigenvalue weighted by atomic mass is 9.72. The van der Waals surface area contributed by atoms with Gasteiger partial charge in [-0.05, 0) is 32.2 Å². The maximum atomic E-state index is 11.7. The molecule has 1 aliphatic carbocycles. The fraction of sp³-hybridized carbons (Fsp3) is 1.00. The summed E-state index contributed by atoms with van der Waals surface area (Å²) < 4.78 is 18.1. The lowest BCUT2D eigenvalue weighted by molar-refractivity contribution is -0.306. The average Bonchev–Trinajstić information content (AvgIpc) is 2.92. The molecule has 0 radical (unpaired) electrons. The fourth-order valence-electron chi connectivity index (χ4n) is 5.79. The maximum absolute atomic E-state index is 11.7. The number of aliphatic hydroxyl groups is 6. The summed E-state index contributed by atoms with van der Waals surface area (Å²) in [5, 5.41) is 67.6. The van der Waals surface area contributed by atoms with Crippen LogP contribution in [-0.2, 0) is 14.2 Å². The summed E-state index contributed by atoms with van der Waals surface area (Å²) in [6.07, 6.45) is -6.67. The van der Waals surface area contributed by atoms with Gasteiger partial charge in [-0.1, -0.05) is 0 Å². The molecule has 0 aromatic carbocycles. The second-order valence-electron chi connectivity index (χ2n) is 11.0. The maximum Gasteiger partial charge on any atom is 0.186 e. The van der Waals surface area contributed by atoms with E-state index in [0.29, 0.717) is 32.4 Å². The van der Waals surface area contributed by atoms with Gasteiger partial charge in [-0.15, -0.1) is 0 Å². The minimum atomic E-state index is -1.44. The monoisotopic (exact) mass is 566 g/mol. The molecule has 14 atom stereocenters. The Labute approximate surface area is 229 Å². The molecule has 0 aromatic heterocycles. The van der Waals surface area contributed by atoms with Gasteiger partial charge in [0.2, 0.25) is 0 Å². The molecule has 2 saturated heterocycles. The topological polar surface area (TPSA) is 277 Å². The Hall–Kier alpha value is -0.600. The zero-order chi connectivity index (χ0) is 28.7. The van der Waals surface area contributed by atoms with Crippen molar-refractivity contribution in [3.05, 3.63) is 0 Å². The highest BCUT2D eigenvalue weighted by atomic mass is 16.7. The highest BCUT2D eigenvalue weighted by Gasteiger charge is 2.52. The number of rotatable bonds is 13. The van der Waals surface area contributed by atoms with Crippen LogP contribution in [0.1, 0.15) is 25.7 Å². The van der Waals surface area contributed by atoms with E-state index in [2.05, 4.69) is 10.6 Å². The SMILES string of the molecule is NCC(O)CN[C@@H]1C[C@H](N)C([C@H]2O[C@H](CNCCCO)CC[C@H]2N)[C@H](O)[C@H]1O[C@H]1O[C@H](CO)[C@@H](O)[C@H](N)[C@H]1O. The van der Waals surface area contributed by atoms with Crippen molar-refractivity contribution in [3.63, 3.8) is 0 Å². The first kappa shape index (κ1) is 32.9. The lowest BCUT2D eigenvalue weighted by Crippen LogP contribution is -2.69. The standard InChI is InChI=1S/C24H50N6O9/c25-7-11(33)8-30-15-6-14(27)17(22-13(26)3-2-12(37-22)9-29-4-1-5-31)20(35)23(15)39-24-21(36)18(28)19(34)16(10-32)38-24/h11-24,29-36H,1-10,25-28H2/t11?,12-,13+,14-,15+,16+,17?,18-,19+,20-,21+,22-,23-,24+/m0/s1. The van der Waals surface area contributed by atoms with Crippen molar-refractivity contribution in [2.24, 2.45) is 28.9 Å². The van der Waals surface area contributed by atoms with E-state index >= 15 is 0 Å². The lowest BCUT2D eigenvalue weighted by Gasteiger charge is -2.51. The number of ether oxygens (including phenoxy) is 3. The number of hydrogen-bond donors (Lipinski definition) is 12. The Morgan fingerprint density at radius 3 is 2.38 bits per heavy atom. The van der Waals surface area contributed by atoms with E-state index < -0.39 is 79.7 Å². The van der Waals surface area contributed by atoms with Crippen LogP contribution >= 0.6 is 0 Å². The molecule has 0 bridgehead atoms. The van der Waals surface area contributed by atoms with E-state index in [4.69, 9.17) is 42.3 Å². The van der Waals surface area contributed by atoms with Crippen molar-refractivity contribution in [2.75, 3.05) is 39.4 Å². The fourth-order valence-corrected chi connectivity index (χ4v) is 5.79. The highest BCUT2D eigenvalue weighted by molar-refractivity contribution is 5.05. The van der Waals surface area contributed by atoms with Gasteiger partial charge in [-0.3, -0.25) is 0 Å². The van der Waals surface area contributed by atoms with Crippen LogP contribution in [0.25, 0.3) is 0 Å². The molecule has 15 heteroatoms. The van der Waals surface area contributed by atoms with Crippen molar-refractivity contribution in [1.29, 1.82) is 0 Å². The van der Waals surface area contributed by atoms with E-state index in [1.807, 2.05) is 0 Å². The van der Waals surface area contributed by atoms with E-state index in [-0.39, 0.29) is 31.8 Å². The van der Waals surface area contributed by atoms with E-state index in [0.717, 1.165) is 6.42 Å². The summed E-state index contributed by atoms with van der Waals surface area (Å²) in [5.74, 6) is -0.628. The van der Waals surface area contributed by atoms with Gasteiger partial charge in [-0.25, -0.2) is 0 Å². The second-order valence-corrected chi connectivity index (χ2v) is 11.0. The van der Waals surface area contributed by atoms with Gasteiger partial charge in [-0.2, -0.15) is 0 Å². The molecular formula is C24H50N6O9. The van der Waals surface area contributed by atoms with Crippen LogP contribution < -0.4 is 33.6 Å². The van der Waals surface area contributed by atoms with Crippen molar-refractivity contribution in [1.82, 2.24) is 10.6 Å². The molecule has 2 heterocycles. The molecule has 3 rings (SSSR count). The van der Waals surface area contributed by atoms with Gasteiger partial charge < -0.3 is 78.4 Å². The first-order valence-electron chi connectivity index (χ1n) is 13.9. The smallest absolute Gasteiger partial charge is 0.186 e. The van der Waals surface area contributed by atoms with Crippen LogP contribution in [0.4, 0.5) is 0 Å². The Bertz CT molecular complexity index is 715. The highest BCUT2D eigenvalue weighted by Crippen LogP contribution is 2.36. The van der Waals surface area contributed by atoms with Gasteiger partial charge in [0.1, 0.15) is 24.4 Å². The molecule has 39 heavy (non-hydrogen) atoms. The minimum absolute atomic E-state index is 0.0242. The predicted octanol–water partition coefficient (Wildman–Crippen LogP) is -6.03. The van der Waals surface area contributed by atoms with Crippen molar-refractivity contribution < 1.29 is 44.8 Å². The van der Waals surface area contributed by atoms with Crippen LogP contribution in [-0.4, -0.2) is 149 Å². The second kappa shape index (κ2) is 15.6.